The minimum atomic E-state index is -1.51. The Balaban J connectivity index is 2.80. The number of rotatable bonds is 14. The van der Waals surface area contributed by atoms with E-state index in [4.69, 9.17) is 10.8 Å². The minimum Gasteiger partial charge on any atom is -0.508 e. The van der Waals surface area contributed by atoms with Crippen molar-refractivity contribution in [2.24, 2.45) is 5.73 Å². The van der Waals surface area contributed by atoms with E-state index in [0.29, 0.717) is 5.56 Å². The molecule has 0 aromatic heterocycles. The number of carbonyl (C=O) groups excluding carboxylic acids is 3. The van der Waals surface area contributed by atoms with Gasteiger partial charge in [-0.2, -0.15) is 12.6 Å². The van der Waals surface area contributed by atoms with Crippen LogP contribution in [0.5, 0.6) is 5.75 Å². The van der Waals surface area contributed by atoms with E-state index in [0.717, 1.165) is 0 Å². The fourth-order valence-corrected chi connectivity index (χ4v) is 3.15. The molecule has 0 saturated carbocycles. The third-order valence-corrected chi connectivity index (χ3v) is 5.23. The van der Waals surface area contributed by atoms with E-state index >= 15 is 0 Å². The van der Waals surface area contributed by atoms with Crippen LogP contribution in [0.15, 0.2) is 24.3 Å². The third kappa shape index (κ3) is 10.2. The maximum absolute atomic E-state index is 12.7. The van der Waals surface area contributed by atoms with Gasteiger partial charge in [0.05, 0.1) is 12.1 Å². The van der Waals surface area contributed by atoms with Gasteiger partial charge in [0.1, 0.15) is 23.9 Å². The number of aliphatic hydroxyl groups excluding tert-OH is 1. The quantitative estimate of drug-likeness (QED) is 0.124. The van der Waals surface area contributed by atoms with Gasteiger partial charge in [0.15, 0.2) is 0 Å². The molecule has 0 bridgehead atoms. The van der Waals surface area contributed by atoms with Crippen LogP contribution < -0.4 is 21.7 Å². The summed E-state index contributed by atoms with van der Waals surface area (Å²) in [6, 6.07) is 0.533. The molecule has 9 N–H and O–H groups in total. The first-order valence-electron chi connectivity index (χ1n) is 10.5. The van der Waals surface area contributed by atoms with Gasteiger partial charge in [-0.05, 0) is 37.5 Å². The maximum Gasteiger partial charge on any atom is 0.326 e. The van der Waals surface area contributed by atoms with Gasteiger partial charge >= 0.3 is 11.9 Å². The number of phenols is 1. The van der Waals surface area contributed by atoms with Crippen LogP contribution in [0.3, 0.4) is 0 Å². The Hall–Kier alpha value is -3.36. The number of hydrogen-bond acceptors (Lipinski definition) is 9. The van der Waals surface area contributed by atoms with Gasteiger partial charge in [0.2, 0.25) is 17.7 Å². The number of nitrogens with one attached hydrogen (secondary N) is 3. The Bertz CT molecular complexity index is 911. The molecule has 0 radical (unpaired) electrons. The van der Waals surface area contributed by atoms with Crippen LogP contribution in [-0.2, 0) is 30.4 Å². The first-order chi connectivity index (χ1) is 16.3. The van der Waals surface area contributed by atoms with E-state index in [1.807, 2.05) is 0 Å². The lowest BCUT2D eigenvalue weighted by Gasteiger charge is -2.25. The Morgan fingerprint density at radius 2 is 1.51 bits per heavy atom. The van der Waals surface area contributed by atoms with Gasteiger partial charge in [0, 0.05) is 12.2 Å². The molecule has 194 valence electrons. The molecular weight excluding hydrogens is 484 g/mol. The predicted molar refractivity (Wildman–Crippen MR) is 126 cm³/mol. The zero-order valence-electron chi connectivity index (χ0n) is 18.9. The highest BCUT2D eigenvalue weighted by molar-refractivity contribution is 7.80. The van der Waals surface area contributed by atoms with Crippen molar-refractivity contribution in [1.29, 1.82) is 0 Å². The highest BCUT2D eigenvalue weighted by Crippen LogP contribution is 2.11. The van der Waals surface area contributed by atoms with Crippen molar-refractivity contribution in [2.45, 2.75) is 56.5 Å². The van der Waals surface area contributed by atoms with E-state index in [1.165, 1.54) is 19.1 Å². The Morgan fingerprint density at radius 3 is 2.00 bits per heavy atom. The molecule has 0 saturated heterocycles. The van der Waals surface area contributed by atoms with Crippen molar-refractivity contribution in [2.75, 3.05) is 5.75 Å². The molecule has 0 aliphatic carbocycles. The number of carboxylic acid groups (broad SMARTS) is 2. The summed E-state index contributed by atoms with van der Waals surface area (Å²) >= 11 is 3.97. The zero-order valence-corrected chi connectivity index (χ0v) is 19.8. The summed E-state index contributed by atoms with van der Waals surface area (Å²) in [5, 5.41) is 44.0. The summed E-state index contributed by atoms with van der Waals surface area (Å²) < 4.78 is 0. The normalized spacial score (nSPS) is 15.1. The molecule has 5 atom stereocenters. The van der Waals surface area contributed by atoms with Crippen LogP contribution in [0.25, 0.3) is 0 Å². The summed E-state index contributed by atoms with van der Waals surface area (Å²) in [5.74, 6) is -5.57. The molecule has 0 spiro atoms. The molecule has 1 aromatic rings. The van der Waals surface area contributed by atoms with Crippen LogP contribution in [-0.4, -0.2) is 86.1 Å². The van der Waals surface area contributed by atoms with Crippen molar-refractivity contribution >= 4 is 42.3 Å². The van der Waals surface area contributed by atoms with Crippen molar-refractivity contribution in [3.8, 4) is 5.75 Å². The van der Waals surface area contributed by atoms with Gasteiger partial charge in [-0.25, -0.2) is 4.79 Å². The predicted octanol–water partition coefficient (Wildman–Crippen LogP) is -2.02. The number of benzene rings is 1. The van der Waals surface area contributed by atoms with Crippen molar-refractivity contribution in [3.05, 3.63) is 29.8 Å². The van der Waals surface area contributed by atoms with E-state index in [9.17, 15) is 39.3 Å². The number of aliphatic carboxylic acids is 2. The van der Waals surface area contributed by atoms with E-state index in [1.54, 1.807) is 12.1 Å². The van der Waals surface area contributed by atoms with E-state index in [-0.39, 0.29) is 24.3 Å². The zero-order chi connectivity index (χ0) is 26.7. The lowest BCUT2D eigenvalue weighted by Crippen LogP contribution is -2.60. The fourth-order valence-electron chi connectivity index (χ4n) is 2.90. The lowest BCUT2D eigenvalue weighted by molar-refractivity contribution is -0.143. The van der Waals surface area contributed by atoms with Crippen molar-refractivity contribution < 1.29 is 44.4 Å². The van der Waals surface area contributed by atoms with E-state index in [2.05, 4.69) is 28.6 Å². The van der Waals surface area contributed by atoms with Crippen LogP contribution >= 0.6 is 12.6 Å². The molecule has 5 unspecified atom stereocenters. The van der Waals surface area contributed by atoms with Gasteiger partial charge in [-0.15, -0.1) is 0 Å². The maximum atomic E-state index is 12.7. The summed E-state index contributed by atoms with van der Waals surface area (Å²) in [6.07, 6.45) is -2.19. The van der Waals surface area contributed by atoms with Crippen LogP contribution in [0, 0.1) is 0 Å². The monoisotopic (exact) mass is 514 g/mol. The van der Waals surface area contributed by atoms with Crippen molar-refractivity contribution in [3.63, 3.8) is 0 Å². The Labute approximate surface area is 206 Å². The molecule has 13 nitrogen and oxygen atoms in total. The summed E-state index contributed by atoms with van der Waals surface area (Å²) in [5.41, 5.74) is 6.53. The van der Waals surface area contributed by atoms with Gasteiger partial charge in [-0.3, -0.25) is 19.2 Å². The second-order valence-electron chi connectivity index (χ2n) is 7.78. The highest BCUT2D eigenvalue weighted by atomic mass is 32.1. The average Bonchev–Trinajstić information content (AvgIpc) is 2.78. The van der Waals surface area contributed by atoms with E-state index < -0.39 is 66.4 Å². The molecular formula is C21H30N4O9S. The number of carbonyl (C=O) groups is 5. The number of phenolic OH excluding ortho intramolecular Hbond substituents is 1. The minimum absolute atomic E-state index is 0.0388. The van der Waals surface area contributed by atoms with Gasteiger partial charge in [-0.1, -0.05) is 12.1 Å². The number of aliphatic hydroxyl groups is 1. The molecule has 0 heterocycles. The Kier molecular flexibility index (Phi) is 12.0. The molecule has 35 heavy (non-hydrogen) atoms. The number of amides is 3. The lowest BCUT2D eigenvalue weighted by atomic mass is 10.0. The highest BCUT2D eigenvalue weighted by Gasteiger charge is 2.32. The molecule has 14 heteroatoms. The van der Waals surface area contributed by atoms with Crippen LogP contribution in [0.4, 0.5) is 0 Å². The Morgan fingerprint density at radius 1 is 0.943 bits per heavy atom. The third-order valence-electron chi connectivity index (χ3n) is 4.87. The molecule has 1 aromatic carbocycles. The number of thiol groups is 1. The summed E-state index contributed by atoms with van der Waals surface area (Å²) in [7, 11) is 0. The largest absolute Gasteiger partial charge is 0.508 e. The van der Waals surface area contributed by atoms with Crippen molar-refractivity contribution in [1.82, 2.24) is 16.0 Å². The fraction of sp³-hybridized carbons (Fsp3) is 0.476. The topological polar surface area (TPSA) is 228 Å². The smallest absolute Gasteiger partial charge is 0.326 e. The van der Waals surface area contributed by atoms with Gasteiger partial charge in [0.25, 0.3) is 0 Å². The SMILES string of the molecule is CC(O)C(NC(=O)C(N)Cc1ccc(O)cc1)C(=O)NC(CS)C(=O)NC(CCC(=O)O)C(=O)O. The summed E-state index contributed by atoms with van der Waals surface area (Å²) in [6.45, 7) is 1.23. The number of aromatic hydroxyl groups is 1. The number of hydrogen-bond donors (Lipinski definition) is 9. The second kappa shape index (κ2) is 14.1. The average molecular weight is 515 g/mol. The second-order valence-corrected chi connectivity index (χ2v) is 8.14. The molecule has 0 aliphatic heterocycles. The summed E-state index contributed by atoms with van der Waals surface area (Å²) in [4.78, 5) is 59.6. The van der Waals surface area contributed by atoms with Crippen LogP contribution in [0.1, 0.15) is 25.3 Å². The van der Waals surface area contributed by atoms with Gasteiger partial charge < -0.3 is 42.1 Å². The molecule has 3 amide bonds. The standard InChI is InChI=1S/C21H30N4O9S/c1-10(26)17(25-18(30)13(22)8-11-2-4-12(27)5-3-11)20(32)24-15(9-35)19(31)23-14(21(33)34)6-7-16(28)29/h2-5,10,13-15,17,26-27,35H,6-9,22H2,1H3,(H,23,31)(H,24,32)(H,25,30)(H,28,29)(H,33,34). The van der Waals surface area contributed by atoms with Crippen LogP contribution in [0.2, 0.25) is 0 Å². The number of carboxylic acids is 2. The molecule has 1 rings (SSSR count). The molecule has 0 fully saturated rings. The number of nitrogens with two attached hydrogens (primary N) is 1. The molecule has 0 aliphatic rings. The first-order valence-corrected chi connectivity index (χ1v) is 11.2. The first kappa shape index (κ1) is 29.7.